The quantitative estimate of drug-likeness (QED) is 0.489. The zero-order valence-electron chi connectivity index (χ0n) is 10.4. The van der Waals surface area contributed by atoms with Gasteiger partial charge in [0.1, 0.15) is 0 Å². The van der Waals surface area contributed by atoms with E-state index in [0.717, 1.165) is 45.9 Å². The largest absolute Gasteiger partial charge is 0.387 e. The zero-order chi connectivity index (χ0) is 12.0. The summed E-state index contributed by atoms with van der Waals surface area (Å²) in [5.74, 6) is 0.424. The van der Waals surface area contributed by atoms with Crippen LogP contribution in [0.1, 0.15) is 6.92 Å². The Morgan fingerprint density at radius 2 is 2.12 bits per heavy atom. The van der Waals surface area contributed by atoms with E-state index >= 15 is 0 Å². The van der Waals surface area contributed by atoms with Gasteiger partial charge in [-0.15, -0.1) is 0 Å². The number of nitrogens with two attached hydrogens (primary N) is 1. The SMILES string of the molecule is CC(CN(C)CCN1CCOCC1)C(=N)N. The molecule has 1 fully saturated rings. The van der Waals surface area contributed by atoms with Gasteiger partial charge in [-0.2, -0.15) is 0 Å². The Bertz CT molecular complexity index is 216. The van der Waals surface area contributed by atoms with Crippen LogP contribution in [0.3, 0.4) is 0 Å². The van der Waals surface area contributed by atoms with Crippen molar-refractivity contribution in [3.63, 3.8) is 0 Å². The van der Waals surface area contributed by atoms with Crippen LogP contribution in [0.25, 0.3) is 0 Å². The van der Waals surface area contributed by atoms with E-state index in [1.54, 1.807) is 0 Å². The summed E-state index contributed by atoms with van der Waals surface area (Å²) in [5, 5.41) is 7.35. The van der Waals surface area contributed by atoms with E-state index in [1.807, 2.05) is 6.92 Å². The first-order chi connectivity index (χ1) is 7.59. The second-order valence-corrected chi connectivity index (χ2v) is 4.57. The third-order valence-corrected chi connectivity index (χ3v) is 3.02. The van der Waals surface area contributed by atoms with E-state index in [-0.39, 0.29) is 11.8 Å². The van der Waals surface area contributed by atoms with Crippen LogP contribution in [-0.4, -0.2) is 68.6 Å². The maximum atomic E-state index is 7.35. The molecule has 1 atom stereocenters. The lowest BCUT2D eigenvalue weighted by Crippen LogP contribution is -2.42. The molecule has 0 amide bonds. The monoisotopic (exact) mass is 228 g/mol. The van der Waals surface area contributed by atoms with E-state index < -0.39 is 0 Å². The van der Waals surface area contributed by atoms with Crippen LogP contribution in [0.2, 0.25) is 0 Å². The maximum Gasteiger partial charge on any atom is 0.0947 e. The first kappa shape index (κ1) is 13.4. The Morgan fingerprint density at radius 3 is 2.69 bits per heavy atom. The summed E-state index contributed by atoms with van der Waals surface area (Å²) in [5.41, 5.74) is 5.45. The lowest BCUT2D eigenvalue weighted by atomic mass is 10.1. The van der Waals surface area contributed by atoms with Crippen LogP contribution in [0, 0.1) is 11.3 Å². The Hall–Kier alpha value is -0.650. The molecule has 1 rings (SSSR count). The Morgan fingerprint density at radius 1 is 1.50 bits per heavy atom. The highest BCUT2D eigenvalue weighted by atomic mass is 16.5. The molecule has 1 saturated heterocycles. The molecule has 3 N–H and O–H groups in total. The van der Waals surface area contributed by atoms with Gasteiger partial charge in [0.15, 0.2) is 0 Å². The van der Waals surface area contributed by atoms with Gasteiger partial charge in [-0.05, 0) is 7.05 Å². The fraction of sp³-hybridized carbons (Fsp3) is 0.909. The van der Waals surface area contributed by atoms with Crippen molar-refractivity contribution in [1.29, 1.82) is 5.41 Å². The van der Waals surface area contributed by atoms with Crippen molar-refractivity contribution in [3.8, 4) is 0 Å². The minimum atomic E-state index is 0.148. The van der Waals surface area contributed by atoms with Gasteiger partial charge in [0.05, 0.1) is 19.0 Å². The second kappa shape index (κ2) is 6.83. The molecule has 1 unspecified atom stereocenters. The van der Waals surface area contributed by atoms with Gasteiger partial charge in [0.25, 0.3) is 0 Å². The van der Waals surface area contributed by atoms with Gasteiger partial charge >= 0.3 is 0 Å². The maximum absolute atomic E-state index is 7.35. The fourth-order valence-corrected chi connectivity index (χ4v) is 1.79. The van der Waals surface area contributed by atoms with E-state index in [4.69, 9.17) is 15.9 Å². The van der Waals surface area contributed by atoms with Crippen molar-refractivity contribution in [3.05, 3.63) is 0 Å². The zero-order valence-corrected chi connectivity index (χ0v) is 10.4. The normalized spacial score (nSPS) is 19.9. The van der Waals surface area contributed by atoms with Crippen LogP contribution >= 0.6 is 0 Å². The van der Waals surface area contributed by atoms with E-state index in [0.29, 0.717) is 0 Å². The highest BCUT2D eigenvalue weighted by molar-refractivity contribution is 5.79. The number of nitrogens with one attached hydrogen (secondary N) is 1. The summed E-state index contributed by atoms with van der Waals surface area (Å²) in [7, 11) is 2.08. The predicted molar refractivity (Wildman–Crippen MR) is 65.8 cm³/mol. The van der Waals surface area contributed by atoms with Crippen molar-refractivity contribution >= 4 is 5.84 Å². The highest BCUT2D eigenvalue weighted by Gasteiger charge is 2.12. The third kappa shape index (κ3) is 4.92. The van der Waals surface area contributed by atoms with Gasteiger partial charge < -0.3 is 15.4 Å². The van der Waals surface area contributed by atoms with Gasteiger partial charge in [0, 0.05) is 38.6 Å². The second-order valence-electron chi connectivity index (χ2n) is 4.57. The fourth-order valence-electron chi connectivity index (χ4n) is 1.79. The molecular formula is C11H24N4O. The molecule has 5 nitrogen and oxygen atoms in total. The topological polar surface area (TPSA) is 65.6 Å². The summed E-state index contributed by atoms with van der Waals surface area (Å²) in [6.07, 6.45) is 0. The Balaban J connectivity index is 2.13. The van der Waals surface area contributed by atoms with E-state index in [2.05, 4.69) is 16.8 Å². The van der Waals surface area contributed by atoms with Crippen molar-refractivity contribution in [2.24, 2.45) is 11.7 Å². The molecule has 0 bridgehead atoms. The number of likely N-dealkylation sites (N-methyl/N-ethyl adjacent to an activating group) is 1. The average molecular weight is 228 g/mol. The van der Waals surface area contributed by atoms with Crippen molar-refractivity contribution in [2.45, 2.75) is 6.92 Å². The molecule has 0 saturated carbocycles. The molecule has 1 aliphatic heterocycles. The van der Waals surface area contributed by atoms with Crippen LogP contribution < -0.4 is 5.73 Å². The minimum absolute atomic E-state index is 0.148. The molecule has 0 aliphatic carbocycles. The summed E-state index contributed by atoms with van der Waals surface area (Å²) < 4.78 is 5.30. The first-order valence-corrected chi connectivity index (χ1v) is 5.92. The summed E-state index contributed by atoms with van der Waals surface area (Å²) in [4.78, 5) is 4.65. The molecule has 94 valence electrons. The first-order valence-electron chi connectivity index (χ1n) is 5.92. The van der Waals surface area contributed by atoms with Gasteiger partial charge in [-0.25, -0.2) is 0 Å². The lowest BCUT2D eigenvalue weighted by molar-refractivity contribution is 0.0343. The average Bonchev–Trinajstić information content (AvgIpc) is 2.27. The van der Waals surface area contributed by atoms with Crippen LogP contribution in [0.5, 0.6) is 0 Å². The van der Waals surface area contributed by atoms with Gasteiger partial charge in [0.2, 0.25) is 0 Å². The molecule has 0 radical (unpaired) electrons. The molecule has 16 heavy (non-hydrogen) atoms. The molecule has 0 aromatic heterocycles. The standard InChI is InChI=1S/C11H24N4O/c1-10(11(12)13)9-14(2)3-4-15-5-7-16-8-6-15/h10H,3-9H2,1-2H3,(H3,12,13). The van der Waals surface area contributed by atoms with Crippen molar-refractivity contribution in [1.82, 2.24) is 9.80 Å². The molecule has 0 aromatic carbocycles. The lowest BCUT2D eigenvalue weighted by Gasteiger charge is -2.29. The highest BCUT2D eigenvalue weighted by Crippen LogP contribution is 2.00. The van der Waals surface area contributed by atoms with E-state index in [1.165, 1.54) is 0 Å². The number of amidine groups is 1. The molecule has 1 aliphatic rings. The van der Waals surface area contributed by atoms with Crippen LogP contribution in [0.4, 0.5) is 0 Å². The Labute approximate surface area is 98.0 Å². The van der Waals surface area contributed by atoms with Gasteiger partial charge in [-0.1, -0.05) is 6.92 Å². The molecular weight excluding hydrogens is 204 g/mol. The summed E-state index contributed by atoms with van der Waals surface area (Å²) in [6, 6.07) is 0. The van der Waals surface area contributed by atoms with E-state index in [9.17, 15) is 0 Å². The van der Waals surface area contributed by atoms with Crippen molar-refractivity contribution in [2.75, 3.05) is 53.0 Å². The minimum Gasteiger partial charge on any atom is -0.387 e. The van der Waals surface area contributed by atoms with Gasteiger partial charge in [-0.3, -0.25) is 10.3 Å². The third-order valence-electron chi connectivity index (χ3n) is 3.02. The molecule has 0 spiro atoms. The molecule has 0 aromatic rings. The number of nitrogens with zero attached hydrogens (tertiary/aromatic N) is 2. The van der Waals surface area contributed by atoms with Crippen LogP contribution in [-0.2, 0) is 4.74 Å². The Kier molecular flexibility index (Phi) is 5.73. The molecule has 5 heteroatoms. The van der Waals surface area contributed by atoms with Crippen LogP contribution in [0.15, 0.2) is 0 Å². The van der Waals surface area contributed by atoms with Crippen molar-refractivity contribution < 1.29 is 4.74 Å². The number of morpholine rings is 1. The number of hydrogen-bond donors (Lipinski definition) is 2. The number of rotatable bonds is 6. The number of hydrogen-bond acceptors (Lipinski definition) is 4. The predicted octanol–water partition coefficient (Wildman–Crippen LogP) is -0.178. The smallest absolute Gasteiger partial charge is 0.0947 e. The number of ether oxygens (including phenoxy) is 1. The summed E-state index contributed by atoms with van der Waals surface area (Å²) >= 11 is 0. The summed E-state index contributed by atoms with van der Waals surface area (Å²) in [6.45, 7) is 8.74. The molecule has 1 heterocycles.